The van der Waals surface area contributed by atoms with Gasteiger partial charge >= 0.3 is 5.97 Å². The van der Waals surface area contributed by atoms with E-state index in [1.165, 1.54) is 89.0 Å². The maximum atomic E-state index is 11.8. The Morgan fingerprint density at radius 2 is 1.38 bits per heavy atom. The molecule has 0 N–H and O–H groups in total. The summed E-state index contributed by atoms with van der Waals surface area (Å²) >= 11 is 0. The van der Waals surface area contributed by atoms with Gasteiger partial charge in [0.2, 0.25) is 0 Å². The highest BCUT2D eigenvalue weighted by Gasteiger charge is 2.06. The van der Waals surface area contributed by atoms with Crippen molar-refractivity contribution in [2.45, 2.75) is 138 Å². The lowest BCUT2D eigenvalue weighted by Crippen LogP contribution is -2.01. The second kappa shape index (κ2) is 21.8. The van der Waals surface area contributed by atoms with E-state index in [4.69, 9.17) is 4.74 Å². The third kappa shape index (κ3) is 22.2. The van der Waals surface area contributed by atoms with Gasteiger partial charge in [0, 0.05) is 6.08 Å². The fraction of sp³-hybridized carbons (Fsp3) is 0.833. The van der Waals surface area contributed by atoms with Crippen molar-refractivity contribution in [1.29, 1.82) is 0 Å². The molecule has 0 spiro atoms. The van der Waals surface area contributed by atoms with Crippen LogP contribution >= 0.6 is 0 Å². The summed E-state index contributed by atoms with van der Waals surface area (Å²) in [5.41, 5.74) is 1.34. The van der Waals surface area contributed by atoms with Crippen molar-refractivity contribution in [3.05, 3.63) is 23.8 Å². The Morgan fingerprint density at radius 3 is 2.00 bits per heavy atom. The molecule has 2 nitrogen and oxygen atoms in total. The SMILES string of the molecule is CCCCCCCC=CC(=O)OC/C=C(\C)CCC[C@H](C)CCC[C@H](C)CCCC(C)C. The van der Waals surface area contributed by atoms with Gasteiger partial charge in [0.15, 0.2) is 0 Å². The highest BCUT2D eigenvalue weighted by atomic mass is 16.5. The van der Waals surface area contributed by atoms with Gasteiger partial charge in [0.1, 0.15) is 6.61 Å². The lowest BCUT2D eigenvalue weighted by atomic mass is 9.91. The van der Waals surface area contributed by atoms with E-state index in [-0.39, 0.29) is 5.97 Å². The van der Waals surface area contributed by atoms with E-state index >= 15 is 0 Å². The summed E-state index contributed by atoms with van der Waals surface area (Å²) in [5.74, 6) is 2.33. The van der Waals surface area contributed by atoms with Crippen LogP contribution in [-0.4, -0.2) is 12.6 Å². The minimum Gasteiger partial charge on any atom is -0.458 e. The summed E-state index contributed by atoms with van der Waals surface area (Å²) in [4.78, 5) is 11.8. The van der Waals surface area contributed by atoms with Crippen LogP contribution in [0.15, 0.2) is 23.8 Å². The quantitative estimate of drug-likeness (QED) is 0.0755. The Labute approximate surface area is 201 Å². The molecule has 0 radical (unpaired) electrons. The average molecular weight is 449 g/mol. The van der Waals surface area contributed by atoms with Crippen molar-refractivity contribution >= 4 is 5.97 Å². The third-order valence-electron chi connectivity index (χ3n) is 6.53. The second-order valence-electron chi connectivity index (χ2n) is 10.6. The minimum absolute atomic E-state index is 0.213. The molecule has 0 aromatic carbocycles. The number of ether oxygens (including phenoxy) is 1. The standard InChI is InChI=1S/C30H56O2/c1-7-8-9-10-11-12-13-23-30(31)32-25-24-29(6)22-16-21-28(5)20-15-19-27(4)18-14-17-26(2)3/h13,23-24,26-28H,7-12,14-22,25H2,1-6H3/b23-13?,29-24+/t27-,28-/m1/s1. The molecule has 0 rings (SSSR count). The number of carbonyl (C=O) groups is 1. The highest BCUT2D eigenvalue weighted by Crippen LogP contribution is 2.22. The summed E-state index contributed by atoms with van der Waals surface area (Å²) in [6.07, 6.45) is 24.8. The Hall–Kier alpha value is -1.05. The van der Waals surface area contributed by atoms with E-state index in [2.05, 4.69) is 47.6 Å². The van der Waals surface area contributed by atoms with Gasteiger partial charge < -0.3 is 4.74 Å². The number of rotatable bonds is 21. The molecule has 32 heavy (non-hydrogen) atoms. The molecule has 0 unspecified atom stereocenters. The van der Waals surface area contributed by atoms with Crippen LogP contribution in [0.5, 0.6) is 0 Å². The zero-order valence-corrected chi connectivity index (χ0v) is 22.6. The fourth-order valence-corrected chi connectivity index (χ4v) is 4.17. The number of carbonyl (C=O) groups excluding carboxylic acids is 1. The van der Waals surface area contributed by atoms with Crippen molar-refractivity contribution in [2.24, 2.45) is 17.8 Å². The topological polar surface area (TPSA) is 26.3 Å². The van der Waals surface area contributed by atoms with Crippen LogP contribution in [0, 0.1) is 17.8 Å². The van der Waals surface area contributed by atoms with Gasteiger partial charge in [-0.05, 0) is 56.4 Å². The first kappa shape index (κ1) is 30.9. The second-order valence-corrected chi connectivity index (χ2v) is 10.6. The molecule has 0 amide bonds. The Morgan fingerprint density at radius 1 is 0.781 bits per heavy atom. The van der Waals surface area contributed by atoms with E-state index in [0.29, 0.717) is 6.61 Å². The zero-order chi connectivity index (χ0) is 24.0. The van der Waals surface area contributed by atoms with Crippen molar-refractivity contribution in [3.8, 4) is 0 Å². The summed E-state index contributed by atoms with van der Waals surface area (Å²) in [7, 11) is 0. The third-order valence-corrected chi connectivity index (χ3v) is 6.53. The van der Waals surface area contributed by atoms with E-state index in [1.807, 2.05) is 6.08 Å². The molecule has 0 fully saturated rings. The monoisotopic (exact) mass is 448 g/mol. The first-order valence-electron chi connectivity index (χ1n) is 13.8. The summed E-state index contributed by atoms with van der Waals surface area (Å²) < 4.78 is 5.30. The largest absolute Gasteiger partial charge is 0.458 e. The maximum Gasteiger partial charge on any atom is 0.330 e. The molecule has 0 bridgehead atoms. The van der Waals surface area contributed by atoms with Gasteiger partial charge in [-0.2, -0.15) is 0 Å². The molecular formula is C30H56O2. The molecule has 2 atom stereocenters. The highest BCUT2D eigenvalue weighted by molar-refractivity contribution is 5.81. The molecule has 0 aliphatic rings. The summed E-state index contributed by atoms with van der Waals surface area (Å²) in [6.45, 7) is 14.3. The fourth-order valence-electron chi connectivity index (χ4n) is 4.17. The van der Waals surface area contributed by atoms with Crippen LogP contribution in [0.25, 0.3) is 0 Å². The molecule has 0 aliphatic carbocycles. The van der Waals surface area contributed by atoms with E-state index in [9.17, 15) is 4.79 Å². The van der Waals surface area contributed by atoms with Gasteiger partial charge in [-0.3, -0.25) is 0 Å². The van der Waals surface area contributed by atoms with Crippen molar-refractivity contribution in [3.63, 3.8) is 0 Å². The maximum absolute atomic E-state index is 11.8. The Balaban J connectivity index is 3.72. The van der Waals surface area contributed by atoms with E-state index in [1.54, 1.807) is 6.08 Å². The molecule has 188 valence electrons. The molecule has 0 aliphatic heterocycles. The number of hydrogen-bond acceptors (Lipinski definition) is 2. The first-order valence-corrected chi connectivity index (χ1v) is 13.8. The van der Waals surface area contributed by atoms with Crippen LogP contribution in [0.2, 0.25) is 0 Å². The van der Waals surface area contributed by atoms with Crippen LogP contribution in [0.4, 0.5) is 0 Å². The number of allylic oxidation sites excluding steroid dienone is 2. The van der Waals surface area contributed by atoms with E-state index < -0.39 is 0 Å². The van der Waals surface area contributed by atoms with Gasteiger partial charge in [0.25, 0.3) is 0 Å². The van der Waals surface area contributed by atoms with Gasteiger partial charge in [-0.1, -0.05) is 117 Å². The number of hydrogen-bond donors (Lipinski definition) is 0. The lowest BCUT2D eigenvalue weighted by Gasteiger charge is -2.15. The van der Waals surface area contributed by atoms with Crippen LogP contribution in [-0.2, 0) is 9.53 Å². The summed E-state index contributed by atoms with van der Waals surface area (Å²) in [6, 6.07) is 0. The Bertz CT molecular complexity index is 489. The van der Waals surface area contributed by atoms with Crippen LogP contribution in [0.1, 0.15) is 138 Å². The van der Waals surface area contributed by atoms with Crippen molar-refractivity contribution in [2.75, 3.05) is 6.61 Å². The minimum atomic E-state index is -0.213. The lowest BCUT2D eigenvalue weighted by molar-refractivity contribution is -0.136. The molecule has 0 aromatic rings. The van der Waals surface area contributed by atoms with Gasteiger partial charge in [-0.25, -0.2) is 4.79 Å². The molecule has 0 saturated carbocycles. The Kier molecular flexibility index (Phi) is 21.1. The number of unbranched alkanes of at least 4 members (excludes halogenated alkanes) is 5. The van der Waals surface area contributed by atoms with Gasteiger partial charge in [0.05, 0.1) is 0 Å². The average Bonchev–Trinajstić information content (AvgIpc) is 2.73. The number of esters is 1. The zero-order valence-electron chi connectivity index (χ0n) is 22.6. The molecule has 0 heterocycles. The van der Waals surface area contributed by atoms with Crippen LogP contribution < -0.4 is 0 Å². The van der Waals surface area contributed by atoms with E-state index in [0.717, 1.165) is 30.6 Å². The van der Waals surface area contributed by atoms with Gasteiger partial charge in [-0.15, -0.1) is 0 Å². The smallest absolute Gasteiger partial charge is 0.330 e. The first-order chi connectivity index (χ1) is 15.3. The molecule has 0 saturated heterocycles. The van der Waals surface area contributed by atoms with Crippen molar-refractivity contribution < 1.29 is 9.53 Å². The predicted octanol–water partition coefficient (Wildman–Crippen LogP) is 9.83. The van der Waals surface area contributed by atoms with Crippen LogP contribution in [0.3, 0.4) is 0 Å². The normalized spacial score (nSPS) is 14.3. The molecular weight excluding hydrogens is 392 g/mol. The summed E-state index contributed by atoms with van der Waals surface area (Å²) in [5, 5.41) is 0. The van der Waals surface area contributed by atoms with Crippen molar-refractivity contribution in [1.82, 2.24) is 0 Å². The molecule has 2 heteroatoms. The predicted molar refractivity (Wildman–Crippen MR) is 142 cm³/mol. The molecule has 0 aromatic heterocycles.